The van der Waals surface area contributed by atoms with Gasteiger partial charge >= 0.3 is 0 Å². The van der Waals surface area contributed by atoms with Crippen LogP contribution in [0.1, 0.15) is 34.6 Å². The maximum Gasteiger partial charge on any atom is 0.232 e. The smallest absolute Gasteiger partial charge is 0.232 e. The van der Waals surface area contributed by atoms with Gasteiger partial charge in [0.1, 0.15) is 4.87 Å². The fourth-order valence-corrected chi connectivity index (χ4v) is 1.47. The molecule has 0 saturated heterocycles. The molecule has 1 rings (SSSR count). The number of thiol groups is 1. The van der Waals surface area contributed by atoms with Crippen LogP contribution in [0.4, 0.5) is 0 Å². The highest BCUT2D eigenvalue weighted by molar-refractivity contribution is 8.18. The largest absolute Gasteiger partial charge is 0.476 e. The van der Waals surface area contributed by atoms with Crippen LogP contribution in [-0.4, -0.2) is 16.4 Å². The van der Waals surface area contributed by atoms with E-state index in [0.717, 1.165) is 10.3 Å². The molecule has 0 aliphatic rings. The van der Waals surface area contributed by atoms with E-state index in [1.807, 2.05) is 16.9 Å². The van der Waals surface area contributed by atoms with E-state index in [1.54, 1.807) is 0 Å². The lowest BCUT2D eigenvalue weighted by Crippen LogP contribution is -2.25. The molecule has 0 aliphatic carbocycles. The number of hydrogen-bond acceptors (Lipinski definition) is 3. The van der Waals surface area contributed by atoms with Crippen LogP contribution >= 0.6 is 0 Å². The minimum Gasteiger partial charge on any atom is -0.476 e. The Kier molecular flexibility index (Phi) is 4.12. The first-order chi connectivity index (χ1) is 7.24. The van der Waals surface area contributed by atoms with Crippen LogP contribution in [0.25, 0.3) is 0 Å². The molecule has 3 nitrogen and oxygen atoms in total. The molecule has 0 saturated carbocycles. The van der Waals surface area contributed by atoms with Crippen molar-refractivity contribution in [3.05, 3.63) is 12.3 Å². The zero-order valence-corrected chi connectivity index (χ0v) is 12.2. The first-order valence-electron chi connectivity index (χ1n) is 5.28. The molecule has 92 valence electrons. The molecular weight excluding hydrogens is 240 g/mol. The van der Waals surface area contributed by atoms with Crippen molar-refractivity contribution in [1.29, 1.82) is 0 Å². The van der Waals surface area contributed by atoms with Crippen LogP contribution < -0.4 is 4.74 Å². The van der Waals surface area contributed by atoms with Gasteiger partial charge in [-0.1, -0.05) is 32.0 Å². The number of aromatic nitrogens is 2. The second kappa shape index (κ2) is 4.84. The fraction of sp³-hybridized carbons (Fsp3) is 0.727. The van der Waals surface area contributed by atoms with Crippen molar-refractivity contribution in [1.82, 2.24) is 9.78 Å². The Morgan fingerprint density at radius 1 is 1.38 bits per heavy atom. The van der Waals surface area contributed by atoms with Crippen LogP contribution in [0.2, 0.25) is 0 Å². The van der Waals surface area contributed by atoms with E-state index in [-0.39, 0.29) is 10.3 Å². The number of ether oxygens (including phenoxy) is 1. The molecule has 0 atom stereocenters. The lowest BCUT2D eigenvalue weighted by atomic mass is 9.99. The van der Waals surface area contributed by atoms with Gasteiger partial charge in [0.25, 0.3) is 0 Å². The quantitative estimate of drug-likeness (QED) is 0.842. The summed E-state index contributed by atoms with van der Waals surface area (Å²) < 4.78 is 7.48. The van der Waals surface area contributed by atoms with E-state index in [4.69, 9.17) is 15.9 Å². The predicted octanol–water partition coefficient (Wildman–Crippen LogP) is 2.28. The van der Waals surface area contributed by atoms with Crippen molar-refractivity contribution in [3.8, 4) is 5.88 Å². The highest BCUT2D eigenvalue weighted by atomic mass is 32.8. The van der Waals surface area contributed by atoms with Crippen LogP contribution in [0, 0.1) is 5.41 Å². The van der Waals surface area contributed by atoms with Crippen molar-refractivity contribution in [2.75, 3.05) is 6.61 Å². The van der Waals surface area contributed by atoms with Crippen LogP contribution in [0.5, 0.6) is 5.88 Å². The Morgan fingerprint density at radius 2 is 2.00 bits per heavy atom. The van der Waals surface area contributed by atoms with E-state index >= 15 is 0 Å². The highest BCUT2D eigenvalue weighted by Gasteiger charge is 2.18. The van der Waals surface area contributed by atoms with E-state index in [9.17, 15) is 0 Å². The van der Waals surface area contributed by atoms with Crippen molar-refractivity contribution in [3.63, 3.8) is 0 Å². The molecule has 1 heterocycles. The Labute approximate surface area is 106 Å². The minimum absolute atomic E-state index is 0.148. The Balaban J connectivity index is 2.69. The maximum atomic E-state index is 5.62. The molecule has 0 radical (unpaired) electrons. The summed E-state index contributed by atoms with van der Waals surface area (Å²) in [6, 6.07) is 1.88. The average Bonchev–Trinajstić information content (AvgIpc) is 2.62. The fourth-order valence-electron chi connectivity index (χ4n) is 1.02. The molecule has 5 heteroatoms. The second-order valence-electron chi connectivity index (χ2n) is 5.53. The maximum absolute atomic E-state index is 5.62. The lowest BCUT2D eigenvalue weighted by molar-refractivity contribution is 0.189. The van der Waals surface area contributed by atoms with E-state index in [2.05, 4.69) is 39.7 Å². The van der Waals surface area contributed by atoms with Gasteiger partial charge in [-0.15, -0.1) is 15.4 Å². The first-order valence-corrected chi connectivity index (χ1v) is 7.19. The number of rotatable bonds is 4. The van der Waals surface area contributed by atoms with Gasteiger partial charge in [-0.05, 0) is 19.3 Å². The summed E-state index contributed by atoms with van der Waals surface area (Å²) in [4.78, 5) is -0.154. The number of nitrogens with zero attached hydrogens (tertiary/aromatic N) is 2. The van der Waals surface area contributed by atoms with Crippen molar-refractivity contribution < 1.29 is 4.74 Å². The van der Waals surface area contributed by atoms with E-state index in [0.29, 0.717) is 12.5 Å². The molecule has 0 amide bonds. The Hall–Kier alpha value is -0.420. The third kappa shape index (κ3) is 3.87. The molecule has 0 aromatic carbocycles. The lowest BCUT2D eigenvalue weighted by Gasteiger charge is -2.20. The molecule has 0 bridgehead atoms. The minimum atomic E-state index is -0.154. The van der Waals surface area contributed by atoms with Crippen LogP contribution in [-0.2, 0) is 26.4 Å². The standard InChI is InChI=1S/C11H20N2OS2/c1-10(2,3)8-14-9-6-7-13(12-9)11(4,5)16-15/h6-7,16H,8H2,1-5H3. The normalized spacial score (nSPS) is 12.8. The molecule has 16 heavy (non-hydrogen) atoms. The van der Waals surface area contributed by atoms with Crippen LogP contribution in [0.15, 0.2) is 12.3 Å². The first kappa shape index (κ1) is 13.6. The second-order valence-corrected chi connectivity index (χ2v) is 7.36. The number of hydrogen-bond donors (Lipinski definition) is 1. The predicted molar refractivity (Wildman–Crippen MR) is 72.6 cm³/mol. The highest BCUT2D eigenvalue weighted by Crippen LogP contribution is 2.19. The Morgan fingerprint density at radius 3 is 2.50 bits per heavy atom. The van der Waals surface area contributed by atoms with Gasteiger partial charge in [-0.3, -0.25) is 4.68 Å². The molecule has 0 N–H and O–H groups in total. The van der Waals surface area contributed by atoms with Gasteiger partial charge in [-0.2, -0.15) is 0 Å². The van der Waals surface area contributed by atoms with Crippen molar-refractivity contribution in [2.24, 2.45) is 5.41 Å². The third-order valence-corrected chi connectivity index (χ3v) is 3.99. The van der Waals surface area contributed by atoms with Gasteiger partial charge in [0.2, 0.25) is 5.88 Å². The summed E-state index contributed by atoms with van der Waals surface area (Å²) in [5, 5.41) is 4.38. The SMILES string of the molecule is CC(C)(C)COc1ccn(C(C)(C)[SH]=S)n1. The summed E-state index contributed by atoms with van der Waals surface area (Å²) in [6.45, 7) is 11.2. The summed E-state index contributed by atoms with van der Waals surface area (Å²) in [6.07, 6.45) is 1.91. The van der Waals surface area contributed by atoms with Gasteiger partial charge < -0.3 is 4.74 Å². The molecule has 0 spiro atoms. The zero-order chi connectivity index (χ0) is 12.4. The monoisotopic (exact) mass is 260 g/mol. The van der Waals surface area contributed by atoms with Gasteiger partial charge in [-0.25, -0.2) is 0 Å². The molecule has 0 unspecified atom stereocenters. The molecular formula is C11H20N2OS2. The Bertz CT molecular complexity index is 366. The molecule has 0 aliphatic heterocycles. The van der Waals surface area contributed by atoms with E-state index < -0.39 is 0 Å². The summed E-state index contributed by atoms with van der Waals surface area (Å²) in [5.41, 5.74) is 0.148. The molecule has 0 fully saturated rings. The molecule has 1 aromatic rings. The van der Waals surface area contributed by atoms with Gasteiger partial charge in [0, 0.05) is 12.3 Å². The van der Waals surface area contributed by atoms with Gasteiger partial charge in [0.15, 0.2) is 0 Å². The topological polar surface area (TPSA) is 27.1 Å². The van der Waals surface area contributed by atoms with Gasteiger partial charge in [0.05, 0.1) is 6.61 Å². The average molecular weight is 260 g/mol. The van der Waals surface area contributed by atoms with Crippen LogP contribution in [0.3, 0.4) is 0 Å². The summed E-state index contributed by atoms with van der Waals surface area (Å²) in [5.74, 6) is 0.668. The summed E-state index contributed by atoms with van der Waals surface area (Å²) in [7, 11) is 0.870. The third-order valence-electron chi connectivity index (χ3n) is 2.00. The molecule has 1 aromatic heterocycles. The van der Waals surface area contributed by atoms with E-state index in [1.165, 1.54) is 0 Å². The zero-order valence-electron chi connectivity index (χ0n) is 10.5. The van der Waals surface area contributed by atoms with Crippen molar-refractivity contribution in [2.45, 2.75) is 39.5 Å². The van der Waals surface area contributed by atoms with Crippen molar-refractivity contribution >= 4 is 21.5 Å². The summed E-state index contributed by atoms with van der Waals surface area (Å²) >= 11 is 5.07.